The average Bonchev–Trinajstić information content (AvgIpc) is 3.24. The molecule has 36 heavy (non-hydrogen) atoms. The van der Waals surface area contributed by atoms with Gasteiger partial charge in [-0.1, -0.05) is 24.1 Å². The van der Waals surface area contributed by atoms with E-state index in [0.29, 0.717) is 6.04 Å². The molecule has 1 N–H and O–H groups in total. The summed E-state index contributed by atoms with van der Waals surface area (Å²) in [7, 11) is 0. The lowest BCUT2D eigenvalue weighted by Crippen LogP contribution is -2.45. The fourth-order valence-electron chi connectivity index (χ4n) is 5.77. The third-order valence-electron chi connectivity index (χ3n) is 8.07. The Morgan fingerprint density at radius 1 is 1.00 bits per heavy atom. The van der Waals surface area contributed by atoms with Crippen LogP contribution in [0.5, 0.6) is 0 Å². The van der Waals surface area contributed by atoms with Crippen molar-refractivity contribution in [2.45, 2.75) is 65.8 Å². The molecule has 192 valence electrons. The number of likely N-dealkylation sites (tertiary alicyclic amines) is 1. The summed E-state index contributed by atoms with van der Waals surface area (Å²) >= 11 is 0. The zero-order valence-corrected chi connectivity index (χ0v) is 22.1. The number of aryl methyl sites for hydroxylation is 3. The first-order valence-corrected chi connectivity index (χ1v) is 13.5. The first-order chi connectivity index (χ1) is 17.4. The molecule has 0 radical (unpaired) electrons. The summed E-state index contributed by atoms with van der Waals surface area (Å²) in [6.45, 7) is 12.9. The van der Waals surface area contributed by atoms with Crippen LogP contribution in [-0.2, 0) is 4.79 Å². The minimum Gasteiger partial charge on any atom is -0.355 e. The zero-order chi connectivity index (χ0) is 25.2. The molecule has 2 aliphatic rings. The van der Waals surface area contributed by atoms with Gasteiger partial charge in [0.25, 0.3) is 0 Å². The molecule has 0 aliphatic carbocycles. The second kappa shape index (κ2) is 10.5. The van der Waals surface area contributed by atoms with Crippen molar-refractivity contribution in [3.8, 4) is 5.69 Å². The lowest BCUT2D eigenvalue weighted by molar-refractivity contribution is -0.125. The first-order valence-electron chi connectivity index (χ1n) is 13.5. The SMILES string of the molecule is Cc1ccc(-n2nc3c(N4CCC(C(=O)NCCN5CCCCC5C)CC4)nnc(C)c3c2C)cc1. The van der Waals surface area contributed by atoms with E-state index in [1.54, 1.807) is 0 Å². The number of hydrogen-bond donors (Lipinski definition) is 1. The van der Waals surface area contributed by atoms with Crippen LogP contribution in [0.1, 0.15) is 56.0 Å². The number of nitrogens with one attached hydrogen (secondary N) is 1. The number of piperidine rings is 2. The normalized spacial score (nSPS) is 19.7. The van der Waals surface area contributed by atoms with E-state index in [4.69, 9.17) is 5.10 Å². The molecule has 2 aromatic heterocycles. The fourth-order valence-corrected chi connectivity index (χ4v) is 5.77. The first kappa shape index (κ1) is 24.7. The highest BCUT2D eigenvalue weighted by Gasteiger charge is 2.28. The van der Waals surface area contributed by atoms with Crippen molar-refractivity contribution < 1.29 is 4.79 Å². The summed E-state index contributed by atoms with van der Waals surface area (Å²) in [5.74, 6) is 1.07. The number of aromatic nitrogens is 4. The zero-order valence-electron chi connectivity index (χ0n) is 22.1. The van der Waals surface area contributed by atoms with E-state index in [1.807, 2.05) is 11.6 Å². The lowest BCUT2D eigenvalue weighted by atomic mass is 9.95. The maximum atomic E-state index is 12.9. The lowest BCUT2D eigenvalue weighted by Gasteiger charge is -2.34. The van der Waals surface area contributed by atoms with Gasteiger partial charge in [-0.3, -0.25) is 9.69 Å². The molecule has 0 saturated carbocycles. The molecule has 1 unspecified atom stereocenters. The van der Waals surface area contributed by atoms with E-state index in [9.17, 15) is 4.79 Å². The molecule has 1 amide bonds. The predicted molar refractivity (Wildman–Crippen MR) is 144 cm³/mol. The fraction of sp³-hybridized carbons (Fsp3) is 0.571. The second-order valence-electron chi connectivity index (χ2n) is 10.6. The molecule has 2 aliphatic heterocycles. The molecule has 1 atom stereocenters. The molecule has 8 heteroatoms. The summed E-state index contributed by atoms with van der Waals surface area (Å²) < 4.78 is 1.99. The van der Waals surface area contributed by atoms with E-state index >= 15 is 0 Å². The van der Waals surface area contributed by atoms with Crippen LogP contribution < -0.4 is 10.2 Å². The highest BCUT2D eigenvalue weighted by molar-refractivity contribution is 5.92. The maximum absolute atomic E-state index is 12.9. The number of nitrogens with zero attached hydrogens (tertiary/aromatic N) is 6. The van der Waals surface area contributed by atoms with Crippen LogP contribution in [0.2, 0.25) is 0 Å². The van der Waals surface area contributed by atoms with Gasteiger partial charge in [-0.25, -0.2) is 4.68 Å². The summed E-state index contributed by atoms with van der Waals surface area (Å²) in [6.07, 6.45) is 5.51. The van der Waals surface area contributed by atoms with Crippen LogP contribution in [0.3, 0.4) is 0 Å². The Labute approximate surface area is 214 Å². The number of amides is 1. The van der Waals surface area contributed by atoms with Gasteiger partial charge in [-0.15, -0.1) is 5.10 Å². The van der Waals surface area contributed by atoms with Crippen LogP contribution in [0.4, 0.5) is 5.82 Å². The third-order valence-corrected chi connectivity index (χ3v) is 8.07. The van der Waals surface area contributed by atoms with Crippen LogP contribution in [-0.4, -0.2) is 69.6 Å². The Balaban J connectivity index is 1.24. The predicted octanol–water partition coefficient (Wildman–Crippen LogP) is 3.95. The van der Waals surface area contributed by atoms with Crippen molar-refractivity contribution in [2.24, 2.45) is 5.92 Å². The van der Waals surface area contributed by atoms with Crippen LogP contribution in [0, 0.1) is 26.7 Å². The standard InChI is InChI=1S/C28H39N7O/c1-19-8-10-24(11-9-19)35-22(4)25-21(3)30-31-27(26(25)32-35)34-16-12-23(13-17-34)28(36)29-14-18-33-15-6-5-7-20(33)2/h8-11,20,23H,5-7,12-18H2,1-4H3,(H,29,36). The maximum Gasteiger partial charge on any atom is 0.223 e. The number of benzene rings is 1. The van der Waals surface area contributed by atoms with E-state index in [-0.39, 0.29) is 11.8 Å². The van der Waals surface area contributed by atoms with E-state index in [2.05, 4.69) is 70.4 Å². The Morgan fingerprint density at radius 2 is 1.75 bits per heavy atom. The number of carbonyl (C=O) groups excluding carboxylic acids is 1. The Morgan fingerprint density at radius 3 is 2.47 bits per heavy atom. The molecule has 0 spiro atoms. The second-order valence-corrected chi connectivity index (χ2v) is 10.6. The number of fused-ring (bicyclic) bond motifs is 1. The average molecular weight is 490 g/mol. The summed E-state index contributed by atoms with van der Waals surface area (Å²) in [5, 5.41) is 18.3. The Bertz CT molecular complexity index is 1210. The van der Waals surface area contributed by atoms with Gasteiger partial charge >= 0.3 is 0 Å². The summed E-state index contributed by atoms with van der Waals surface area (Å²) in [6, 6.07) is 9.03. The van der Waals surface area contributed by atoms with Gasteiger partial charge in [0.15, 0.2) is 5.82 Å². The van der Waals surface area contributed by atoms with Crippen molar-refractivity contribution in [3.05, 3.63) is 41.2 Å². The van der Waals surface area contributed by atoms with Crippen LogP contribution in [0.25, 0.3) is 16.6 Å². The minimum absolute atomic E-state index is 0.0563. The quantitative estimate of drug-likeness (QED) is 0.565. The topological polar surface area (TPSA) is 79.2 Å². The highest BCUT2D eigenvalue weighted by atomic mass is 16.1. The van der Waals surface area contributed by atoms with Gasteiger partial charge in [0.05, 0.1) is 22.5 Å². The largest absolute Gasteiger partial charge is 0.355 e. The van der Waals surface area contributed by atoms with Gasteiger partial charge in [0, 0.05) is 38.1 Å². The Hall–Kier alpha value is -3.00. The van der Waals surface area contributed by atoms with E-state index < -0.39 is 0 Å². The molecule has 1 aromatic carbocycles. The van der Waals surface area contributed by atoms with Gasteiger partial charge < -0.3 is 10.2 Å². The van der Waals surface area contributed by atoms with Crippen molar-refractivity contribution in [1.29, 1.82) is 0 Å². The van der Waals surface area contributed by atoms with Gasteiger partial charge in [-0.05, 0) is 72.1 Å². The van der Waals surface area contributed by atoms with Crippen LogP contribution >= 0.6 is 0 Å². The minimum atomic E-state index is 0.0563. The molecule has 0 bridgehead atoms. The molecule has 2 saturated heterocycles. The van der Waals surface area contributed by atoms with Crippen molar-refractivity contribution in [2.75, 3.05) is 37.6 Å². The van der Waals surface area contributed by atoms with E-state index in [0.717, 1.165) is 79.4 Å². The molecular weight excluding hydrogens is 450 g/mol. The molecule has 8 nitrogen and oxygen atoms in total. The highest BCUT2D eigenvalue weighted by Crippen LogP contribution is 2.31. The third kappa shape index (κ3) is 4.96. The van der Waals surface area contributed by atoms with Gasteiger partial charge in [0.2, 0.25) is 5.91 Å². The van der Waals surface area contributed by atoms with Gasteiger partial charge in [0.1, 0.15) is 5.52 Å². The van der Waals surface area contributed by atoms with Crippen molar-refractivity contribution in [1.82, 2.24) is 30.2 Å². The number of rotatable bonds is 6. The molecular formula is C28H39N7O. The number of hydrogen-bond acceptors (Lipinski definition) is 6. The van der Waals surface area contributed by atoms with Crippen LogP contribution in [0.15, 0.2) is 24.3 Å². The summed E-state index contributed by atoms with van der Waals surface area (Å²) in [5.41, 5.74) is 5.11. The van der Waals surface area contributed by atoms with E-state index in [1.165, 1.54) is 24.8 Å². The molecule has 2 fully saturated rings. The number of carbonyl (C=O) groups is 1. The monoisotopic (exact) mass is 489 g/mol. The van der Waals surface area contributed by atoms with Crippen molar-refractivity contribution in [3.63, 3.8) is 0 Å². The van der Waals surface area contributed by atoms with Crippen molar-refractivity contribution >= 4 is 22.6 Å². The molecule has 5 rings (SSSR count). The molecule has 4 heterocycles. The summed E-state index contributed by atoms with van der Waals surface area (Å²) in [4.78, 5) is 17.6. The smallest absolute Gasteiger partial charge is 0.223 e. The van der Waals surface area contributed by atoms with Gasteiger partial charge in [-0.2, -0.15) is 10.2 Å². The Kier molecular flexibility index (Phi) is 7.23. The molecule has 3 aromatic rings. The number of anilines is 1.